The van der Waals surface area contributed by atoms with Crippen LogP contribution in [-0.4, -0.2) is 5.91 Å². The summed E-state index contributed by atoms with van der Waals surface area (Å²) >= 11 is 0. The molecular weight excluding hydrogens is 284 g/mol. The van der Waals surface area contributed by atoms with E-state index in [9.17, 15) is 4.79 Å². The van der Waals surface area contributed by atoms with Gasteiger partial charge in [0.05, 0.1) is 0 Å². The average Bonchev–Trinajstić information content (AvgIpc) is 2.56. The number of carbonyl (C=O) groups excluding carboxylic acids is 1. The molecular formula is C20H27N2O+. The molecule has 122 valence electrons. The minimum atomic E-state index is -0.244. The minimum absolute atomic E-state index is 0.00381. The van der Waals surface area contributed by atoms with Crippen molar-refractivity contribution in [2.24, 2.45) is 0 Å². The lowest BCUT2D eigenvalue weighted by atomic mass is 9.95. The number of benzene rings is 1. The van der Waals surface area contributed by atoms with E-state index in [1.165, 1.54) is 5.56 Å². The van der Waals surface area contributed by atoms with Crippen LogP contribution in [0.4, 0.5) is 5.69 Å². The van der Waals surface area contributed by atoms with Crippen LogP contribution in [0.5, 0.6) is 0 Å². The molecule has 0 saturated heterocycles. The number of nitrogens with one attached hydrogen (secondary N) is 1. The lowest BCUT2D eigenvalue weighted by Crippen LogP contribution is -2.44. The zero-order chi connectivity index (χ0) is 16.8. The van der Waals surface area contributed by atoms with Crippen molar-refractivity contribution in [2.45, 2.75) is 52.5 Å². The number of hydrogen-bond donors (Lipinski definition) is 1. The highest BCUT2D eigenvalue weighted by Crippen LogP contribution is 2.21. The first-order valence-corrected chi connectivity index (χ1v) is 8.43. The highest BCUT2D eigenvalue weighted by Gasteiger charge is 2.22. The second-order valence-electron chi connectivity index (χ2n) is 6.13. The molecule has 1 heterocycles. The molecule has 3 nitrogen and oxygen atoms in total. The number of pyridine rings is 1. The summed E-state index contributed by atoms with van der Waals surface area (Å²) in [6, 6.07) is 11.9. The molecule has 2 aromatic rings. The average molecular weight is 311 g/mol. The third-order valence-electron chi connectivity index (χ3n) is 4.45. The van der Waals surface area contributed by atoms with Gasteiger partial charge in [-0.15, -0.1) is 0 Å². The third kappa shape index (κ3) is 4.41. The number of aryl methyl sites for hydroxylation is 1. The fourth-order valence-electron chi connectivity index (χ4n) is 2.84. The van der Waals surface area contributed by atoms with Crippen molar-refractivity contribution in [1.82, 2.24) is 0 Å². The van der Waals surface area contributed by atoms with Crippen LogP contribution in [0.25, 0.3) is 0 Å². The van der Waals surface area contributed by atoms with Crippen LogP contribution in [0.15, 0.2) is 48.8 Å². The van der Waals surface area contributed by atoms with Crippen molar-refractivity contribution in [3.63, 3.8) is 0 Å². The Morgan fingerprint density at radius 1 is 1.13 bits per heavy atom. The summed E-state index contributed by atoms with van der Waals surface area (Å²) in [5, 5.41) is 2.98. The number of aromatic nitrogens is 1. The first kappa shape index (κ1) is 17.2. The zero-order valence-electron chi connectivity index (χ0n) is 14.5. The topological polar surface area (TPSA) is 33.0 Å². The number of hydrogen-bond acceptors (Lipinski definition) is 1. The van der Waals surface area contributed by atoms with Crippen LogP contribution >= 0.6 is 0 Å². The molecule has 1 aromatic carbocycles. The number of rotatable bonds is 6. The van der Waals surface area contributed by atoms with Gasteiger partial charge in [0.25, 0.3) is 5.91 Å². The van der Waals surface area contributed by atoms with Crippen molar-refractivity contribution in [3.05, 3.63) is 59.9 Å². The molecule has 0 aliphatic carbocycles. The van der Waals surface area contributed by atoms with E-state index in [-0.39, 0.29) is 11.9 Å². The molecule has 0 saturated carbocycles. The van der Waals surface area contributed by atoms with E-state index in [0.717, 1.165) is 24.1 Å². The van der Waals surface area contributed by atoms with E-state index in [1.807, 2.05) is 55.1 Å². The van der Waals surface area contributed by atoms with Crippen LogP contribution in [-0.2, 0) is 4.79 Å². The van der Waals surface area contributed by atoms with Gasteiger partial charge < -0.3 is 5.32 Å². The van der Waals surface area contributed by atoms with Gasteiger partial charge in [-0.05, 0) is 48.9 Å². The Morgan fingerprint density at radius 3 is 2.35 bits per heavy atom. The maximum Gasteiger partial charge on any atom is 0.293 e. The van der Waals surface area contributed by atoms with Crippen LogP contribution < -0.4 is 9.88 Å². The molecule has 0 unspecified atom stereocenters. The maximum atomic E-state index is 12.4. The van der Waals surface area contributed by atoms with E-state index < -0.39 is 0 Å². The molecule has 1 N–H and O–H groups in total. The zero-order valence-corrected chi connectivity index (χ0v) is 14.5. The normalized spacial score (nSPS) is 12.2. The van der Waals surface area contributed by atoms with Crippen molar-refractivity contribution in [1.29, 1.82) is 0 Å². The highest BCUT2D eigenvalue weighted by molar-refractivity contribution is 5.92. The molecule has 3 heteroatoms. The summed E-state index contributed by atoms with van der Waals surface area (Å²) in [4.78, 5) is 12.4. The predicted octanol–water partition coefficient (Wildman–Crippen LogP) is 4.39. The molecule has 0 aliphatic rings. The molecule has 0 bridgehead atoms. The molecule has 1 atom stereocenters. The second-order valence-corrected chi connectivity index (χ2v) is 6.13. The van der Waals surface area contributed by atoms with E-state index >= 15 is 0 Å². The molecule has 1 amide bonds. The second kappa shape index (κ2) is 7.91. The van der Waals surface area contributed by atoms with Gasteiger partial charge in [-0.25, -0.2) is 0 Å². The van der Waals surface area contributed by atoms with Crippen molar-refractivity contribution in [3.8, 4) is 0 Å². The van der Waals surface area contributed by atoms with Gasteiger partial charge in [-0.1, -0.05) is 26.0 Å². The minimum Gasteiger partial charge on any atom is -0.320 e. The third-order valence-corrected chi connectivity index (χ3v) is 4.45. The fourth-order valence-corrected chi connectivity index (χ4v) is 2.84. The molecule has 0 fully saturated rings. The smallest absolute Gasteiger partial charge is 0.293 e. The van der Waals surface area contributed by atoms with Crippen molar-refractivity contribution >= 4 is 11.6 Å². The monoisotopic (exact) mass is 311 g/mol. The van der Waals surface area contributed by atoms with Gasteiger partial charge in [0.1, 0.15) is 0 Å². The van der Waals surface area contributed by atoms with Gasteiger partial charge in [-0.2, -0.15) is 4.57 Å². The first-order valence-electron chi connectivity index (χ1n) is 8.43. The van der Waals surface area contributed by atoms with Gasteiger partial charge in [0.15, 0.2) is 12.4 Å². The van der Waals surface area contributed by atoms with E-state index in [1.54, 1.807) is 0 Å². The maximum absolute atomic E-state index is 12.4. The quantitative estimate of drug-likeness (QED) is 0.789. The first-order chi connectivity index (χ1) is 11.0. The fraction of sp³-hybridized carbons (Fsp3) is 0.400. The Kier molecular flexibility index (Phi) is 5.91. The standard InChI is InChI=1S/C20H26N2O/c1-5-17(6-2)18-10-12-22(13-11-18)16(4)20(23)21-19-9-7-8-15(3)14-19/h7-14,16-17H,5-6H2,1-4H3/p+1/t16-/m1/s1. The van der Waals surface area contributed by atoms with Gasteiger partial charge in [-0.3, -0.25) is 4.79 Å². The molecule has 23 heavy (non-hydrogen) atoms. The van der Waals surface area contributed by atoms with Gasteiger partial charge >= 0.3 is 0 Å². The molecule has 0 aliphatic heterocycles. The Bertz CT molecular complexity index is 645. The number of carbonyl (C=O) groups is 1. The predicted molar refractivity (Wildman–Crippen MR) is 94.5 cm³/mol. The lowest BCUT2D eigenvalue weighted by Gasteiger charge is -2.13. The SMILES string of the molecule is CCC(CC)c1cc[n+]([C@H](C)C(=O)Nc2cccc(C)c2)cc1. The lowest BCUT2D eigenvalue weighted by molar-refractivity contribution is -0.705. The van der Waals surface area contributed by atoms with Gasteiger partial charge in [0.2, 0.25) is 6.04 Å². The van der Waals surface area contributed by atoms with Gasteiger partial charge in [0, 0.05) is 24.7 Å². The van der Waals surface area contributed by atoms with Crippen molar-refractivity contribution in [2.75, 3.05) is 5.32 Å². The van der Waals surface area contributed by atoms with E-state index in [4.69, 9.17) is 0 Å². The Balaban J connectivity index is 2.07. The molecule has 1 aromatic heterocycles. The molecule has 2 rings (SSSR count). The summed E-state index contributed by atoms with van der Waals surface area (Å²) < 4.78 is 1.96. The molecule has 0 spiro atoms. The Labute approximate surface area is 139 Å². The summed E-state index contributed by atoms with van der Waals surface area (Å²) in [5.74, 6) is 0.594. The van der Waals surface area contributed by atoms with E-state index in [0.29, 0.717) is 5.92 Å². The largest absolute Gasteiger partial charge is 0.320 e. The van der Waals surface area contributed by atoms with Crippen LogP contribution in [0.3, 0.4) is 0 Å². The highest BCUT2D eigenvalue weighted by atomic mass is 16.2. The number of nitrogens with zero attached hydrogens (tertiary/aromatic N) is 1. The van der Waals surface area contributed by atoms with Crippen molar-refractivity contribution < 1.29 is 9.36 Å². The van der Waals surface area contributed by atoms with Crippen LogP contribution in [0, 0.1) is 6.92 Å². The van der Waals surface area contributed by atoms with Crippen LogP contribution in [0.1, 0.15) is 56.7 Å². The Hall–Kier alpha value is -2.16. The summed E-state index contributed by atoms with van der Waals surface area (Å²) in [6.07, 6.45) is 6.30. The number of anilines is 1. The van der Waals surface area contributed by atoms with Crippen LogP contribution in [0.2, 0.25) is 0 Å². The Morgan fingerprint density at radius 2 is 1.78 bits per heavy atom. The van der Waals surface area contributed by atoms with E-state index in [2.05, 4.69) is 31.3 Å². The number of amides is 1. The summed E-state index contributed by atoms with van der Waals surface area (Å²) in [7, 11) is 0. The summed E-state index contributed by atoms with van der Waals surface area (Å²) in [6.45, 7) is 8.37. The molecule has 0 radical (unpaired) electrons. The summed E-state index contributed by atoms with van der Waals surface area (Å²) in [5.41, 5.74) is 3.33.